The molecule has 1 heterocycles. The van der Waals surface area contributed by atoms with E-state index in [1.807, 2.05) is 32.0 Å². The first kappa shape index (κ1) is 22.4. The van der Waals surface area contributed by atoms with Crippen LogP contribution in [0, 0.1) is 13.8 Å². The van der Waals surface area contributed by atoms with Crippen molar-refractivity contribution in [3.63, 3.8) is 0 Å². The van der Waals surface area contributed by atoms with Gasteiger partial charge < -0.3 is 14.8 Å². The molecule has 0 aliphatic carbocycles. The van der Waals surface area contributed by atoms with Crippen LogP contribution in [0.15, 0.2) is 23.3 Å². The van der Waals surface area contributed by atoms with Crippen molar-refractivity contribution in [2.45, 2.75) is 59.5 Å². The third kappa shape index (κ3) is 6.89. The second kappa shape index (κ2) is 9.54. The van der Waals surface area contributed by atoms with Gasteiger partial charge in [-0.1, -0.05) is 12.1 Å². The number of aryl methyl sites for hydroxylation is 2. The van der Waals surface area contributed by atoms with Crippen LogP contribution in [-0.2, 0) is 19.1 Å². The number of esters is 1. The van der Waals surface area contributed by atoms with E-state index in [0.717, 1.165) is 11.1 Å². The Bertz CT molecular complexity index is 811. The van der Waals surface area contributed by atoms with Crippen LogP contribution in [0.4, 0.5) is 10.5 Å². The van der Waals surface area contributed by atoms with E-state index in [0.29, 0.717) is 18.7 Å². The van der Waals surface area contributed by atoms with E-state index in [-0.39, 0.29) is 31.1 Å². The van der Waals surface area contributed by atoms with Crippen molar-refractivity contribution in [1.29, 1.82) is 0 Å². The van der Waals surface area contributed by atoms with E-state index in [9.17, 15) is 14.4 Å². The SMILES string of the molecule is Cc1ccc(C)c(N2N=C(C(=O)OCCCNC(=O)OC(C)(C)C)CCC2=O)c1. The minimum Gasteiger partial charge on any atom is -0.461 e. The average molecular weight is 403 g/mol. The molecule has 0 spiro atoms. The molecule has 29 heavy (non-hydrogen) atoms. The molecular weight excluding hydrogens is 374 g/mol. The molecule has 0 bridgehead atoms. The van der Waals surface area contributed by atoms with Gasteiger partial charge in [-0.05, 0) is 58.2 Å². The molecule has 2 rings (SSSR count). The molecule has 0 radical (unpaired) electrons. The van der Waals surface area contributed by atoms with Gasteiger partial charge in [-0.25, -0.2) is 9.59 Å². The highest BCUT2D eigenvalue weighted by Crippen LogP contribution is 2.25. The van der Waals surface area contributed by atoms with Crippen molar-refractivity contribution in [3.05, 3.63) is 29.3 Å². The Morgan fingerprint density at radius 3 is 2.62 bits per heavy atom. The van der Waals surface area contributed by atoms with Gasteiger partial charge in [-0.15, -0.1) is 0 Å². The molecular formula is C21H29N3O5. The van der Waals surface area contributed by atoms with Crippen molar-refractivity contribution < 1.29 is 23.9 Å². The number of amides is 2. The first-order chi connectivity index (χ1) is 13.6. The lowest BCUT2D eigenvalue weighted by Gasteiger charge is -2.24. The van der Waals surface area contributed by atoms with Crippen LogP contribution < -0.4 is 10.3 Å². The number of carbonyl (C=O) groups is 3. The molecule has 0 unspecified atom stereocenters. The Balaban J connectivity index is 1.88. The monoisotopic (exact) mass is 403 g/mol. The lowest BCUT2D eigenvalue weighted by molar-refractivity contribution is -0.135. The fraction of sp³-hybridized carbons (Fsp3) is 0.524. The summed E-state index contributed by atoms with van der Waals surface area (Å²) < 4.78 is 10.4. The van der Waals surface area contributed by atoms with Crippen molar-refractivity contribution in [1.82, 2.24) is 5.32 Å². The Labute approximate surface area is 171 Å². The van der Waals surface area contributed by atoms with Crippen LogP contribution >= 0.6 is 0 Å². The maximum atomic E-state index is 12.3. The highest BCUT2D eigenvalue weighted by molar-refractivity contribution is 6.38. The number of ether oxygens (including phenoxy) is 2. The molecule has 0 aromatic heterocycles. The highest BCUT2D eigenvalue weighted by atomic mass is 16.6. The van der Waals surface area contributed by atoms with Crippen LogP contribution in [-0.4, -0.2) is 42.4 Å². The number of nitrogens with one attached hydrogen (secondary N) is 1. The summed E-state index contributed by atoms with van der Waals surface area (Å²) in [7, 11) is 0. The molecule has 8 nitrogen and oxygen atoms in total. The van der Waals surface area contributed by atoms with Gasteiger partial charge in [0, 0.05) is 19.4 Å². The van der Waals surface area contributed by atoms with Crippen LogP contribution in [0.25, 0.3) is 0 Å². The molecule has 158 valence electrons. The summed E-state index contributed by atoms with van der Waals surface area (Å²) in [6.07, 6.45) is 0.373. The Morgan fingerprint density at radius 2 is 1.93 bits per heavy atom. The number of anilines is 1. The molecule has 1 aliphatic rings. The maximum Gasteiger partial charge on any atom is 0.407 e. The Hall–Kier alpha value is -2.90. The lowest BCUT2D eigenvalue weighted by Crippen LogP contribution is -2.36. The van der Waals surface area contributed by atoms with E-state index >= 15 is 0 Å². The first-order valence-electron chi connectivity index (χ1n) is 9.68. The van der Waals surface area contributed by atoms with Gasteiger partial charge in [0.1, 0.15) is 11.3 Å². The van der Waals surface area contributed by atoms with Crippen molar-refractivity contribution >= 4 is 29.4 Å². The normalized spacial score (nSPS) is 14.3. The molecule has 1 aromatic carbocycles. The summed E-state index contributed by atoms with van der Waals surface area (Å²) in [6.45, 7) is 9.62. The number of hydrogen-bond acceptors (Lipinski definition) is 6. The third-order valence-corrected chi connectivity index (χ3v) is 4.08. The standard InChI is InChI=1S/C21H29N3O5/c1-14-7-8-15(2)17(13-14)24-18(25)10-9-16(23-24)19(26)28-12-6-11-22-20(27)29-21(3,4)5/h7-8,13H,6,9-12H2,1-5H3,(H,22,27). The summed E-state index contributed by atoms with van der Waals surface area (Å²) in [6, 6.07) is 5.74. The predicted octanol–water partition coefficient (Wildman–Crippen LogP) is 3.24. The largest absolute Gasteiger partial charge is 0.461 e. The topological polar surface area (TPSA) is 97.3 Å². The van der Waals surface area contributed by atoms with Gasteiger partial charge in [0.15, 0.2) is 0 Å². The number of benzene rings is 1. The minimum atomic E-state index is -0.561. The van der Waals surface area contributed by atoms with Crippen molar-refractivity contribution in [3.8, 4) is 0 Å². The summed E-state index contributed by atoms with van der Waals surface area (Å²) in [5.74, 6) is -0.707. The zero-order valence-corrected chi connectivity index (χ0v) is 17.7. The van der Waals surface area contributed by atoms with Crippen LogP contribution in [0.1, 0.15) is 51.2 Å². The van der Waals surface area contributed by atoms with Crippen molar-refractivity contribution in [2.24, 2.45) is 5.10 Å². The van der Waals surface area contributed by atoms with Gasteiger partial charge >= 0.3 is 12.1 Å². The Kier molecular flexibility index (Phi) is 7.36. The number of alkyl carbamates (subject to hydrolysis) is 1. The molecule has 1 N–H and O–H groups in total. The lowest BCUT2D eigenvalue weighted by atomic mass is 10.1. The molecule has 1 aliphatic heterocycles. The van der Waals surface area contributed by atoms with E-state index in [4.69, 9.17) is 9.47 Å². The summed E-state index contributed by atoms with van der Waals surface area (Å²) in [5, 5.41) is 8.13. The number of hydrogen-bond donors (Lipinski definition) is 1. The third-order valence-electron chi connectivity index (χ3n) is 4.08. The molecule has 0 saturated heterocycles. The van der Waals surface area contributed by atoms with Crippen molar-refractivity contribution in [2.75, 3.05) is 18.2 Å². The number of rotatable bonds is 6. The number of nitrogens with zero attached hydrogens (tertiary/aromatic N) is 2. The van der Waals surface area contributed by atoms with E-state index in [1.165, 1.54) is 5.01 Å². The second-order valence-electron chi connectivity index (χ2n) is 7.96. The molecule has 1 aromatic rings. The molecule has 0 fully saturated rings. The van der Waals surface area contributed by atoms with Gasteiger partial charge in [-0.2, -0.15) is 10.1 Å². The zero-order chi connectivity index (χ0) is 21.6. The second-order valence-corrected chi connectivity index (χ2v) is 7.96. The molecule has 2 amide bonds. The number of hydrazone groups is 1. The molecule has 0 atom stereocenters. The van der Waals surface area contributed by atoms with Gasteiger partial charge in [0.25, 0.3) is 0 Å². The molecule has 8 heteroatoms. The fourth-order valence-electron chi connectivity index (χ4n) is 2.66. The summed E-state index contributed by atoms with van der Waals surface area (Å²) in [5.41, 5.74) is 2.22. The predicted molar refractivity (Wildman–Crippen MR) is 110 cm³/mol. The number of carbonyl (C=O) groups excluding carboxylic acids is 3. The quantitative estimate of drug-likeness (QED) is 0.581. The van der Waals surface area contributed by atoms with Gasteiger partial charge in [0.2, 0.25) is 5.91 Å². The van der Waals surface area contributed by atoms with E-state index in [1.54, 1.807) is 20.8 Å². The highest BCUT2D eigenvalue weighted by Gasteiger charge is 2.27. The zero-order valence-electron chi connectivity index (χ0n) is 17.7. The van der Waals surface area contributed by atoms with E-state index < -0.39 is 17.7 Å². The minimum absolute atomic E-state index is 0.130. The Morgan fingerprint density at radius 1 is 1.21 bits per heavy atom. The summed E-state index contributed by atoms with van der Waals surface area (Å²) >= 11 is 0. The summed E-state index contributed by atoms with van der Waals surface area (Å²) in [4.78, 5) is 36.2. The van der Waals surface area contributed by atoms with Gasteiger partial charge in [-0.3, -0.25) is 4.79 Å². The van der Waals surface area contributed by atoms with Gasteiger partial charge in [0.05, 0.1) is 12.3 Å². The maximum absolute atomic E-state index is 12.3. The van der Waals surface area contributed by atoms with Crippen LogP contribution in [0.2, 0.25) is 0 Å². The average Bonchev–Trinajstić information content (AvgIpc) is 2.62. The fourth-order valence-corrected chi connectivity index (χ4v) is 2.66. The van der Waals surface area contributed by atoms with Crippen LogP contribution in [0.3, 0.4) is 0 Å². The van der Waals surface area contributed by atoms with E-state index in [2.05, 4.69) is 10.4 Å². The first-order valence-corrected chi connectivity index (χ1v) is 9.68. The smallest absolute Gasteiger partial charge is 0.407 e. The molecule has 0 saturated carbocycles. The van der Waals surface area contributed by atoms with Crippen LogP contribution in [0.5, 0.6) is 0 Å².